The quantitative estimate of drug-likeness (QED) is 0.825. The number of likely N-dealkylation sites (tertiary alicyclic amines) is 1. The lowest BCUT2D eigenvalue weighted by Gasteiger charge is -2.26. The Morgan fingerprint density at radius 2 is 2.16 bits per heavy atom. The van der Waals surface area contributed by atoms with Crippen molar-refractivity contribution in [2.24, 2.45) is 0 Å². The fourth-order valence-electron chi connectivity index (χ4n) is 3.23. The molecule has 1 aliphatic heterocycles. The summed E-state index contributed by atoms with van der Waals surface area (Å²) in [4.78, 5) is 30.0. The van der Waals surface area contributed by atoms with Gasteiger partial charge in [0.15, 0.2) is 0 Å². The van der Waals surface area contributed by atoms with Crippen LogP contribution in [0.15, 0.2) is 41.5 Å². The van der Waals surface area contributed by atoms with E-state index in [1.807, 2.05) is 23.1 Å². The second-order valence-electron chi connectivity index (χ2n) is 5.88. The van der Waals surface area contributed by atoms with Crippen LogP contribution in [0.3, 0.4) is 0 Å². The molecule has 0 aliphatic carbocycles. The zero-order valence-electron chi connectivity index (χ0n) is 14.3. The molecule has 0 radical (unpaired) electrons. The maximum Gasteiger partial charge on any atom is 0.347 e. The first kappa shape index (κ1) is 17.0. The van der Waals surface area contributed by atoms with E-state index in [0.717, 1.165) is 18.4 Å². The Labute approximate surface area is 145 Å². The summed E-state index contributed by atoms with van der Waals surface area (Å²) in [5.41, 5.74) is 0.529. The maximum atomic E-state index is 12.7. The molecule has 7 nitrogen and oxygen atoms in total. The first-order valence-electron chi connectivity index (χ1n) is 8.17. The lowest BCUT2D eigenvalue weighted by molar-refractivity contribution is -0.132. The zero-order valence-corrected chi connectivity index (χ0v) is 14.3. The van der Waals surface area contributed by atoms with Crippen LogP contribution in [0.2, 0.25) is 0 Å². The number of ether oxygens (including phenoxy) is 2. The Bertz CT molecular complexity index is 818. The van der Waals surface area contributed by atoms with Crippen molar-refractivity contribution in [2.45, 2.75) is 25.4 Å². The Morgan fingerprint density at radius 1 is 1.32 bits per heavy atom. The molecule has 0 spiro atoms. The zero-order chi connectivity index (χ0) is 17.8. The van der Waals surface area contributed by atoms with Gasteiger partial charge in [-0.15, -0.1) is 0 Å². The van der Waals surface area contributed by atoms with Crippen molar-refractivity contribution in [3.05, 3.63) is 52.7 Å². The van der Waals surface area contributed by atoms with Gasteiger partial charge in [-0.05, 0) is 31.0 Å². The van der Waals surface area contributed by atoms with Gasteiger partial charge < -0.3 is 14.4 Å². The molecule has 0 bridgehead atoms. The van der Waals surface area contributed by atoms with Gasteiger partial charge in [-0.25, -0.2) is 9.78 Å². The number of rotatable bonds is 5. The SMILES string of the molecule is COc1ccc([C@H]2CCCN2C(=O)Cn2cccnc2=O)c(OC)c1. The summed E-state index contributed by atoms with van der Waals surface area (Å²) >= 11 is 0. The Balaban J connectivity index is 1.84. The van der Waals surface area contributed by atoms with Gasteiger partial charge in [0, 0.05) is 30.6 Å². The van der Waals surface area contributed by atoms with E-state index in [9.17, 15) is 9.59 Å². The van der Waals surface area contributed by atoms with E-state index in [2.05, 4.69) is 4.98 Å². The Kier molecular flexibility index (Phi) is 5.02. The highest BCUT2D eigenvalue weighted by molar-refractivity contribution is 5.77. The normalized spacial score (nSPS) is 16.7. The van der Waals surface area contributed by atoms with Crippen LogP contribution >= 0.6 is 0 Å². The maximum absolute atomic E-state index is 12.7. The van der Waals surface area contributed by atoms with Gasteiger partial charge in [-0.1, -0.05) is 0 Å². The highest BCUT2D eigenvalue weighted by Crippen LogP contribution is 2.38. The molecule has 25 heavy (non-hydrogen) atoms. The predicted octanol–water partition coefficient (Wildman–Crippen LogP) is 1.62. The first-order chi connectivity index (χ1) is 12.1. The number of carbonyl (C=O) groups is 1. The second kappa shape index (κ2) is 7.38. The highest BCUT2D eigenvalue weighted by Gasteiger charge is 2.32. The number of amides is 1. The average molecular weight is 343 g/mol. The van der Waals surface area contributed by atoms with Crippen LogP contribution in [0.4, 0.5) is 0 Å². The van der Waals surface area contributed by atoms with E-state index in [1.54, 1.807) is 26.5 Å². The number of aromatic nitrogens is 2. The number of hydrogen-bond acceptors (Lipinski definition) is 5. The van der Waals surface area contributed by atoms with Gasteiger partial charge in [-0.2, -0.15) is 0 Å². The highest BCUT2D eigenvalue weighted by atomic mass is 16.5. The van der Waals surface area contributed by atoms with E-state index in [4.69, 9.17) is 9.47 Å². The Hall–Kier alpha value is -2.83. The summed E-state index contributed by atoms with van der Waals surface area (Å²) in [6.07, 6.45) is 4.76. The average Bonchev–Trinajstić information content (AvgIpc) is 3.12. The third-order valence-corrected chi connectivity index (χ3v) is 4.46. The van der Waals surface area contributed by atoms with Gasteiger partial charge in [0.05, 0.1) is 20.3 Å². The molecule has 2 heterocycles. The molecule has 1 fully saturated rings. The summed E-state index contributed by atoms with van der Waals surface area (Å²) < 4.78 is 12.0. The molecule has 7 heteroatoms. The lowest BCUT2D eigenvalue weighted by atomic mass is 10.0. The molecule has 1 aliphatic rings. The second-order valence-corrected chi connectivity index (χ2v) is 5.88. The molecule has 0 saturated carbocycles. The molecule has 1 aromatic heterocycles. The van der Waals surface area contributed by atoms with Crippen LogP contribution in [0.5, 0.6) is 11.5 Å². The minimum atomic E-state index is -0.423. The van der Waals surface area contributed by atoms with Crippen LogP contribution in [0, 0.1) is 0 Å². The van der Waals surface area contributed by atoms with Crippen LogP contribution in [-0.2, 0) is 11.3 Å². The fourth-order valence-corrected chi connectivity index (χ4v) is 3.23. The summed E-state index contributed by atoms with van der Waals surface area (Å²) in [7, 11) is 3.21. The van der Waals surface area contributed by atoms with Gasteiger partial charge in [0.1, 0.15) is 18.0 Å². The van der Waals surface area contributed by atoms with E-state index in [-0.39, 0.29) is 18.5 Å². The van der Waals surface area contributed by atoms with Crippen LogP contribution in [0.1, 0.15) is 24.4 Å². The minimum absolute atomic E-state index is 0.0123. The third kappa shape index (κ3) is 3.50. The molecule has 132 valence electrons. The smallest absolute Gasteiger partial charge is 0.347 e. The molecule has 2 aromatic rings. The summed E-state index contributed by atoms with van der Waals surface area (Å²) in [6.45, 7) is 0.648. The standard InChI is InChI=1S/C18H21N3O4/c1-24-13-6-7-14(16(11-13)25-2)15-5-3-10-21(15)17(22)12-20-9-4-8-19-18(20)23/h4,6-9,11,15H,3,5,10,12H2,1-2H3/t15-/m1/s1. The van der Waals surface area contributed by atoms with Crippen molar-refractivity contribution < 1.29 is 14.3 Å². The monoisotopic (exact) mass is 343 g/mol. The van der Waals surface area contributed by atoms with E-state index in [0.29, 0.717) is 18.0 Å². The number of carbonyl (C=O) groups excluding carboxylic acids is 1. The molecular formula is C18H21N3O4. The largest absolute Gasteiger partial charge is 0.497 e. The van der Waals surface area contributed by atoms with Gasteiger partial charge >= 0.3 is 5.69 Å². The molecule has 3 rings (SSSR count). The van der Waals surface area contributed by atoms with Gasteiger partial charge in [-0.3, -0.25) is 9.36 Å². The van der Waals surface area contributed by atoms with Gasteiger partial charge in [0.2, 0.25) is 5.91 Å². The van der Waals surface area contributed by atoms with Crippen molar-refractivity contribution >= 4 is 5.91 Å². The fraction of sp³-hybridized carbons (Fsp3) is 0.389. The number of hydrogen-bond donors (Lipinski definition) is 0. The summed E-state index contributed by atoms with van der Waals surface area (Å²) in [6, 6.07) is 7.19. The third-order valence-electron chi connectivity index (χ3n) is 4.46. The van der Waals surface area contributed by atoms with Crippen LogP contribution < -0.4 is 15.2 Å². The van der Waals surface area contributed by atoms with Crippen molar-refractivity contribution in [3.8, 4) is 11.5 Å². The molecule has 1 amide bonds. The summed E-state index contributed by atoms with van der Waals surface area (Å²) in [5.74, 6) is 1.30. The molecule has 1 aromatic carbocycles. The number of benzene rings is 1. The number of methoxy groups -OCH3 is 2. The predicted molar refractivity (Wildman–Crippen MR) is 91.7 cm³/mol. The number of nitrogens with zero attached hydrogens (tertiary/aromatic N) is 3. The van der Waals surface area contributed by atoms with Crippen molar-refractivity contribution in [2.75, 3.05) is 20.8 Å². The minimum Gasteiger partial charge on any atom is -0.497 e. The van der Waals surface area contributed by atoms with Crippen LogP contribution in [0.25, 0.3) is 0 Å². The molecular weight excluding hydrogens is 322 g/mol. The lowest BCUT2D eigenvalue weighted by Crippen LogP contribution is -2.36. The molecule has 0 unspecified atom stereocenters. The molecule has 1 atom stereocenters. The van der Waals surface area contributed by atoms with Crippen molar-refractivity contribution in [1.29, 1.82) is 0 Å². The van der Waals surface area contributed by atoms with Gasteiger partial charge in [0.25, 0.3) is 0 Å². The topological polar surface area (TPSA) is 73.7 Å². The first-order valence-corrected chi connectivity index (χ1v) is 8.17. The molecule has 1 saturated heterocycles. The molecule has 0 N–H and O–H groups in total. The van der Waals surface area contributed by atoms with Crippen molar-refractivity contribution in [3.63, 3.8) is 0 Å². The van der Waals surface area contributed by atoms with Crippen LogP contribution in [-0.4, -0.2) is 41.1 Å². The Morgan fingerprint density at radius 3 is 2.88 bits per heavy atom. The van der Waals surface area contributed by atoms with E-state index in [1.165, 1.54) is 10.8 Å². The summed E-state index contributed by atoms with van der Waals surface area (Å²) in [5, 5.41) is 0. The van der Waals surface area contributed by atoms with E-state index < -0.39 is 5.69 Å². The van der Waals surface area contributed by atoms with E-state index >= 15 is 0 Å². The van der Waals surface area contributed by atoms with Crippen molar-refractivity contribution in [1.82, 2.24) is 14.5 Å².